The van der Waals surface area contributed by atoms with Crippen LogP contribution in [0.4, 0.5) is 0 Å². The number of piperazine rings is 1. The molecule has 120 valence electrons. The van der Waals surface area contributed by atoms with E-state index >= 15 is 0 Å². The summed E-state index contributed by atoms with van der Waals surface area (Å²) in [7, 11) is 0. The minimum Gasteiger partial charge on any atom is -0.297 e. The van der Waals surface area contributed by atoms with Gasteiger partial charge >= 0.3 is 0 Å². The second-order valence-corrected chi connectivity index (χ2v) is 6.49. The molecule has 2 heteroatoms. The first-order valence-corrected chi connectivity index (χ1v) is 8.45. The zero-order valence-corrected chi connectivity index (χ0v) is 14.0. The largest absolute Gasteiger partial charge is 0.297 e. The first-order valence-electron chi connectivity index (χ1n) is 8.45. The van der Waals surface area contributed by atoms with Gasteiger partial charge in [0.2, 0.25) is 0 Å². The average molecular weight is 306 g/mol. The van der Waals surface area contributed by atoms with Gasteiger partial charge in [-0.3, -0.25) is 9.80 Å². The summed E-state index contributed by atoms with van der Waals surface area (Å²) in [6.45, 7) is 11.6. The lowest BCUT2D eigenvalue weighted by atomic mass is 9.96. The van der Waals surface area contributed by atoms with E-state index in [-0.39, 0.29) is 0 Å². The molecule has 0 spiro atoms. The maximum atomic E-state index is 4.04. The van der Waals surface area contributed by atoms with Crippen LogP contribution in [-0.4, -0.2) is 42.5 Å². The van der Waals surface area contributed by atoms with E-state index in [2.05, 4.69) is 84.0 Å². The lowest BCUT2D eigenvalue weighted by Crippen LogP contribution is -2.48. The van der Waals surface area contributed by atoms with Gasteiger partial charge in [0.05, 0.1) is 6.04 Å². The van der Waals surface area contributed by atoms with Gasteiger partial charge in [-0.1, -0.05) is 72.8 Å². The van der Waals surface area contributed by atoms with Crippen molar-refractivity contribution in [3.05, 3.63) is 83.9 Å². The minimum absolute atomic E-state index is 0.351. The maximum absolute atomic E-state index is 4.04. The van der Waals surface area contributed by atoms with Crippen molar-refractivity contribution < 1.29 is 0 Å². The maximum Gasteiger partial charge on any atom is 0.0602 e. The van der Waals surface area contributed by atoms with Gasteiger partial charge in [-0.05, 0) is 18.1 Å². The van der Waals surface area contributed by atoms with Gasteiger partial charge < -0.3 is 0 Å². The van der Waals surface area contributed by atoms with Crippen molar-refractivity contribution in [1.29, 1.82) is 0 Å². The summed E-state index contributed by atoms with van der Waals surface area (Å²) in [5.41, 5.74) is 4.01. The molecule has 0 aromatic heterocycles. The highest BCUT2D eigenvalue weighted by Crippen LogP contribution is 2.29. The molecule has 0 unspecified atom stereocenters. The molecule has 2 aromatic rings. The molecule has 2 nitrogen and oxygen atoms in total. The Bertz CT molecular complexity index is 573. The summed E-state index contributed by atoms with van der Waals surface area (Å²) in [5, 5.41) is 0. The highest BCUT2D eigenvalue weighted by molar-refractivity contribution is 5.31. The molecule has 0 atom stereocenters. The normalized spacial score (nSPS) is 16.6. The van der Waals surface area contributed by atoms with Crippen molar-refractivity contribution in [3.8, 4) is 0 Å². The molecule has 23 heavy (non-hydrogen) atoms. The van der Waals surface area contributed by atoms with Gasteiger partial charge in [-0.2, -0.15) is 0 Å². The first-order chi connectivity index (χ1) is 11.2. The average Bonchev–Trinajstić information content (AvgIpc) is 2.58. The van der Waals surface area contributed by atoms with Crippen molar-refractivity contribution in [2.75, 3.05) is 32.7 Å². The predicted molar refractivity (Wildman–Crippen MR) is 97.6 cm³/mol. The van der Waals surface area contributed by atoms with Crippen LogP contribution >= 0.6 is 0 Å². The molecular weight excluding hydrogens is 280 g/mol. The fourth-order valence-electron chi connectivity index (χ4n) is 3.45. The van der Waals surface area contributed by atoms with Crippen molar-refractivity contribution in [2.24, 2.45) is 0 Å². The first kappa shape index (κ1) is 16.0. The molecule has 0 aliphatic carbocycles. The van der Waals surface area contributed by atoms with Crippen LogP contribution in [0.3, 0.4) is 0 Å². The van der Waals surface area contributed by atoms with Crippen LogP contribution in [0.2, 0.25) is 0 Å². The lowest BCUT2D eigenvalue weighted by Gasteiger charge is -2.40. The standard InChI is InChI=1S/C21H26N2/c1-18(2)17-22-13-15-23(16-14-22)21(19-9-5-3-6-10-19)20-11-7-4-8-12-20/h3-12,21H,1,13-17H2,2H3. The number of hydrogen-bond donors (Lipinski definition) is 0. The molecule has 1 aliphatic heterocycles. The van der Waals surface area contributed by atoms with Crippen LogP contribution in [-0.2, 0) is 0 Å². The van der Waals surface area contributed by atoms with Crippen LogP contribution in [0.5, 0.6) is 0 Å². The smallest absolute Gasteiger partial charge is 0.0602 e. The second kappa shape index (κ2) is 7.58. The van der Waals surface area contributed by atoms with Gasteiger partial charge in [-0.15, -0.1) is 0 Å². The topological polar surface area (TPSA) is 6.48 Å². The Morgan fingerprint density at radius 1 is 0.870 bits per heavy atom. The molecule has 2 aromatic carbocycles. The molecule has 0 radical (unpaired) electrons. The Kier molecular flexibility index (Phi) is 5.27. The lowest BCUT2D eigenvalue weighted by molar-refractivity contribution is 0.116. The van der Waals surface area contributed by atoms with Crippen molar-refractivity contribution >= 4 is 0 Å². The Morgan fingerprint density at radius 3 is 1.78 bits per heavy atom. The Morgan fingerprint density at radius 2 is 1.35 bits per heavy atom. The predicted octanol–water partition coefficient (Wildman–Crippen LogP) is 3.97. The van der Waals surface area contributed by atoms with Crippen LogP contribution in [0, 0.1) is 0 Å². The van der Waals surface area contributed by atoms with Crippen molar-refractivity contribution in [3.63, 3.8) is 0 Å². The molecule has 0 bridgehead atoms. The molecule has 0 saturated carbocycles. The molecule has 0 amide bonds. The highest BCUT2D eigenvalue weighted by atomic mass is 15.3. The molecule has 1 saturated heterocycles. The summed E-state index contributed by atoms with van der Waals surface area (Å²) < 4.78 is 0. The molecule has 3 rings (SSSR count). The third-order valence-corrected chi connectivity index (χ3v) is 4.50. The third-order valence-electron chi connectivity index (χ3n) is 4.50. The van der Waals surface area contributed by atoms with Gasteiger partial charge in [0, 0.05) is 32.7 Å². The highest BCUT2D eigenvalue weighted by Gasteiger charge is 2.26. The van der Waals surface area contributed by atoms with E-state index in [1.807, 2.05) is 0 Å². The molecule has 1 aliphatic rings. The summed E-state index contributed by atoms with van der Waals surface area (Å²) in [6, 6.07) is 22.1. The number of benzene rings is 2. The van der Waals surface area contributed by atoms with E-state index in [1.54, 1.807) is 0 Å². The van der Waals surface area contributed by atoms with Gasteiger partial charge in [0.15, 0.2) is 0 Å². The van der Waals surface area contributed by atoms with E-state index in [0.29, 0.717) is 6.04 Å². The Hall–Kier alpha value is -1.90. The van der Waals surface area contributed by atoms with Crippen molar-refractivity contribution in [2.45, 2.75) is 13.0 Å². The van der Waals surface area contributed by atoms with Crippen LogP contribution in [0.15, 0.2) is 72.8 Å². The summed E-state index contributed by atoms with van der Waals surface area (Å²) in [4.78, 5) is 5.12. The van der Waals surface area contributed by atoms with Crippen LogP contribution < -0.4 is 0 Å². The summed E-state index contributed by atoms with van der Waals surface area (Å²) in [6.07, 6.45) is 0. The van der Waals surface area contributed by atoms with Crippen LogP contribution in [0.1, 0.15) is 24.1 Å². The Balaban J connectivity index is 1.79. The summed E-state index contributed by atoms with van der Waals surface area (Å²) in [5.74, 6) is 0. The zero-order chi connectivity index (χ0) is 16.1. The van der Waals surface area contributed by atoms with Crippen molar-refractivity contribution in [1.82, 2.24) is 9.80 Å². The fraction of sp³-hybridized carbons (Fsp3) is 0.333. The number of nitrogens with zero attached hydrogens (tertiary/aromatic N) is 2. The quantitative estimate of drug-likeness (QED) is 0.771. The second-order valence-electron chi connectivity index (χ2n) is 6.49. The van der Waals surface area contributed by atoms with Gasteiger partial charge in [-0.25, -0.2) is 0 Å². The zero-order valence-electron chi connectivity index (χ0n) is 14.0. The van der Waals surface area contributed by atoms with E-state index in [9.17, 15) is 0 Å². The molecule has 0 N–H and O–H groups in total. The monoisotopic (exact) mass is 306 g/mol. The Labute approximate surface area is 140 Å². The van der Waals surface area contributed by atoms with Gasteiger partial charge in [0.25, 0.3) is 0 Å². The van der Waals surface area contributed by atoms with E-state index < -0.39 is 0 Å². The molecular formula is C21H26N2. The van der Waals surface area contributed by atoms with Crippen LogP contribution in [0.25, 0.3) is 0 Å². The van der Waals surface area contributed by atoms with E-state index in [4.69, 9.17) is 0 Å². The SMILES string of the molecule is C=C(C)CN1CCN(C(c2ccccc2)c2ccccc2)CC1. The third kappa shape index (κ3) is 4.10. The fourth-order valence-corrected chi connectivity index (χ4v) is 3.45. The minimum atomic E-state index is 0.351. The molecule has 1 heterocycles. The molecule has 1 fully saturated rings. The summed E-state index contributed by atoms with van der Waals surface area (Å²) >= 11 is 0. The van der Waals surface area contributed by atoms with Gasteiger partial charge in [0.1, 0.15) is 0 Å². The van der Waals surface area contributed by atoms with E-state index in [0.717, 1.165) is 32.7 Å². The number of rotatable bonds is 5. The van der Waals surface area contributed by atoms with E-state index in [1.165, 1.54) is 16.7 Å². The number of hydrogen-bond acceptors (Lipinski definition) is 2.